The van der Waals surface area contributed by atoms with Gasteiger partial charge in [-0.2, -0.15) is 0 Å². The summed E-state index contributed by atoms with van der Waals surface area (Å²) in [6.07, 6.45) is 35.0. The predicted molar refractivity (Wildman–Crippen MR) is 335 cm³/mol. The van der Waals surface area contributed by atoms with Crippen LogP contribution in [0.4, 0.5) is 0 Å². The van der Waals surface area contributed by atoms with E-state index in [0.29, 0.717) is 31.6 Å². The third-order valence-electron chi connectivity index (χ3n) is 15.2. The Morgan fingerprint density at radius 3 is 0.845 bits per heavy atom. The molecule has 3 unspecified atom stereocenters. The zero-order chi connectivity index (χ0) is 62.5. The molecule has 0 amide bonds. The monoisotopic (exact) mass is 1240 g/mol. The number of phosphoric acid groups is 2. The predicted octanol–water partition coefficient (Wildman–Crippen LogP) is 17.8. The topological polar surface area (TPSA) is 237 Å². The zero-order valence-electron chi connectivity index (χ0n) is 54.5. The summed E-state index contributed by atoms with van der Waals surface area (Å²) in [5, 5.41) is 10.5. The largest absolute Gasteiger partial charge is 0.472 e. The van der Waals surface area contributed by atoms with E-state index >= 15 is 0 Å². The van der Waals surface area contributed by atoms with Gasteiger partial charge in [-0.3, -0.25) is 37.3 Å². The van der Waals surface area contributed by atoms with Crippen molar-refractivity contribution in [2.45, 2.75) is 331 Å². The highest BCUT2D eigenvalue weighted by molar-refractivity contribution is 7.47. The third kappa shape index (κ3) is 57.8. The van der Waals surface area contributed by atoms with Crippen LogP contribution in [0.15, 0.2) is 0 Å². The van der Waals surface area contributed by atoms with Gasteiger partial charge in [0, 0.05) is 25.7 Å². The molecule has 0 aliphatic heterocycles. The highest BCUT2D eigenvalue weighted by atomic mass is 31.2. The van der Waals surface area contributed by atoms with Gasteiger partial charge in [0.15, 0.2) is 12.2 Å². The van der Waals surface area contributed by atoms with Crippen LogP contribution in [0, 0.1) is 23.7 Å². The first kappa shape index (κ1) is 82.1. The van der Waals surface area contributed by atoms with Gasteiger partial charge in [-0.25, -0.2) is 9.13 Å². The molecule has 0 fully saturated rings. The Bertz CT molecular complexity index is 1680. The van der Waals surface area contributed by atoms with Crippen LogP contribution in [0.5, 0.6) is 0 Å². The smallest absolute Gasteiger partial charge is 0.462 e. The quantitative estimate of drug-likeness (QED) is 0.0222. The first-order valence-electron chi connectivity index (χ1n) is 33.7. The standard InChI is InChI=1S/C65H126O17P2/c1-9-58(8)44-36-28-19-14-16-22-32-40-48-65(70)81-60(51-75-62(67)45-37-29-20-12-10-11-17-25-33-41-55(2)3)53-79-83(71,72)77-49-59(66)50-78-84(73,74)80-54-61(52-76-63(68)46-38-30-24-23-27-35-43-57(6)7)82-64(69)47-39-31-21-15-13-18-26-34-42-56(4)5/h55-61,66H,9-54H2,1-8H3,(H,71,72)(H,73,74)/t58?,59-,60-,61-/m1/s1. The number of aliphatic hydroxyl groups excluding tert-OH is 1. The number of hydrogen-bond donors (Lipinski definition) is 3. The summed E-state index contributed by atoms with van der Waals surface area (Å²) in [7, 11) is -9.89. The maximum atomic E-state index is 13.0. The molecular formula is C65H126O17P2. The molecule has 0 aromatic rings. The summed E-state index contributed by atoms with van der Waals surface area (Å²) >= 11 is 0. The number of rotatable bonds is 62. The summed E-state index contributed by atoms with van der Waals surface area (Å²) in [6.45, 7) is 14.0. The molecule has 0 bridgehead atoms. The number of aliphatic hydroxyl groups is 1. The average Bonchev–Trinajstić information content (AvgIpc) is 3.53. The van der Waals surface area contributed by atoms with Crippen molar-refractivity contribution in [1.82, 2.24) is 0 Å². The second-order valence-corrected chi connectivity index (χ2v) is 28.1. The molecule has 6 atom stereocenters. The van der Waals surface area contributed by atoms with Crippen molar-refractivity contribution in [3.05, 3.63) is 0 Å². The van der Waals surface area contributed by atoms with Gasteiger partial charge in [-0.1, -0.05) is 261 Å². The summed E-state index contributed by atoms with van der Waals surface area (Å²) in [6, 6.07) is 0. The maximum absolute atomic E-state index is 13.0. The van der Waals surface area contributed by atoms with E-state index in [4.69, 9.17) is 37.0 Å². The van der Waals surface area contributed by atoms with Crippen LogP contribution in [-0.4, -0.2) is 96.7 Å². The minimum Gasteiger partial charge on any atom is -0.462 e. The fourth-order valence-electron chi connectivity index (χ4n) is 9.57. The molecule has 0 saturated carbocycles. The second kappa shape index (κ2) is 55.2. The van der Waals surface area contributed by atoms with Gasteiger partial charge in [0.1, 0.15) is 19.3 Å². The first-order chi connectivity index (χ1) is 40.1. The summed E-state index contributed by atoms with van der Waals surface area (Å²) < 4.78 is 68.0. The van der Waals surface area contributed by atoms with E-state index in [1.807, 2.05) is 0 Å². The summed E-state index contributed by atoms with van der Waals surface area (Å²) in [4.78, 5) is 72.2. The van der Waals surface area contributed by atoms with Crippen LogP contribution in [0.1, 0.15) is 312 Å². The zero-order valence-corrected chi connectivity index (χ0v) is 56.3. The number of carbonyl (C=O) groups excluding carboxylic acids is 4. The Morgan fingerprint density at radius 1 is 0.333 bits per heavy atom. The Morgan fingerprint density at radius 2 is 0.571 bits per heavy atom. The molecule has 0 heterocycles. The van der Waals surface area contributed by atoms with Gasteiger partial charge < -0.3 is 33.8 Å². The SMILES string of the molecule is CCC(C)CCCCCCCCCCC(=O)O[C@H](COC(=O)CCCCCCCCCCCC(C)C)COP(=O)(O)OC[C@@H](O)COP(=O)(O)OC[C@@H](COC(=O)CCCCCCCCC(C)C)OC(=O)CCCCCCCCCCC(C)C. The van der Waals surface area contributed by atoms with E-state index in [1.165, 1.54) is 109 Å². The van der Waals surface area contributed by atoms with Crippen molar-refractivity contribution in [2.75, 3.05) is 39.6 Å². The molecule has 0 rings (SSSR count). The van der Waals surface area contributed by atoms with Gasteiger partial charge in [0.2, 0.25) is 0 Å². The Balaban J connectivity index is 5.26. The third-order valence-corrected chi connectivity index (χ3v) is 17.1. The fraction of sp³-hybridized carbons (Fsp3) is 0.938. The molecule has 0 aliphatic rings. The van der Waals surface area contributed by atoms with Gasteiger partial charge in [0.05, 0.1) is 26.4 Å². The lowest BCUT2D eigenvalue weighted by molar-refractivity contribution is -0.161. The molecule has 0 spiro atoms. The Hall–Kier alpha value is -1.94. The lowest BCUT2D eigenvalue weighted by Gasteiger charge is -2.21. The first-order valence-corrected chi connectivity index (χ1v) is 36.7. The second-order valence-electron chi connectivity index (χ2n) is 25.2. The highest BCUT2D eigenvalue weighted by Crippen LogP contribution is 2.45. The molecule has 84 heavy (non-hydrogen) atoms. The van der Waals surface area contributed by atoms with Gasteiger partial charge in [-0.05, 0) is 49.4 Å². The van der Waals surface area contributed by atoms with E-state index in [9.17, 15) is 43.2 Å². The molecule has 498 valence electrons. The van der Waals surface area contributed by atoms with E-state index in [2.05, 4.69) is 55.4 Å². The number of esters is 4. The van der Waals surface area contributed by atoms with Crippen LogP contribution >= 0.6 is 15.6 Å². The van der Waals surface area contributed by atoms with Crippen molar-refractivity contribution in [3.8, 4) is 0 Å². The fourth-order valence-corrected chi connectivity index (χ4v) is 11.2. The molecular weight excluding hydrogens is 1110 g/mol. The molecule has 0 aromatic carbocycles. The Kier molecular flexibility index (Phi) is 53.9. The van der Waals surface area contributed by atoms with Crippen LogP contribution in [0.2, 0.25) is 0 Å². The summed E-state index contributed by atoms with van der Waals surface area (Å²) in [5.74, 6) is 0.770. The van der Waals surface area contributed by atoms with Crippen molar-refractivity contribution in [1.29, 1.82) is 0 Å². The van der Waals surface area contributed by atoms with Gasteiger partial charge in [0.25, 0.3) is 0 Å². The minimum absolute atomic E-state index is 0.103. The number of hydrogen-bond acceptors (Lipinski definition) is 15. The number of unbranched alkanes of at least 4 members (excludes halogenated alkanes) is 27. The molecule has 0 aromatic heterocycles. The van der Waals surface area contributed by atoms with Gasteiger partial charge in [-0.15, -0.1) is 0 Å². The summed E-state index contributed by atoms with van der Waals surface area (Å²) in [5.41, 5.74) is 0. The maximum Gasteiger partial charge on any atom is 0.472 e. The van der Waals surface area contributed by atoms with Crippen molar-refractivity contribution >= 4 is 39.5 Å². The highest BCUT2D eigenvalue weighted by Gasteiger charge is 2.30. The average molecular weight is 1240 g/mol. The molecule has 3 N–H and O–H groups in total. The van der Waals surface area contributed by atoms with E-state index in [0.717, 1.165) is 114 Å². The van der Waals surface area contributed by atoms with Gasteiger partial charge >= 0.3 is 39.5 Å². The minimum atomic E-state index is -4.95. The van der Waals surface area contributed by atoms with Crippen LogP contribution in [-0.2, 0) is 65.4 Å². The normalized spacial score (nSPS) is 14.7. The van der Waals surface area contributed by atoms with E-state index in [-0.39, 0.29) is 25.7 Å². The van der Waals surface area contributed by atoms with Crippen molar-refractivity contribution < 1.29 is 80.2 Å². The molecule has 0 aliphatic carbocycles. The van der Waals surface area contributed by atoms with Crippen molar-refractivity contribution in [3.63, 3.8) is 0 Å². The number of carbonyl (C=O) groups is 4. The van der Waals surface area contributed by atoms with Crippen LogP contribution < -0.4 is 0 Å². The lowest BCUT2D eigenvalue weighted by atomic mass is 9.99. The lowest BCUT2D eigenvalue weighted by Crippen LogP contribution is -2.30. The van der Waals surface area contributed by atoms with Crippen molar-refractivity contribution in [2.24, 2.45) is 23.7 Å². The molecule has 0 saturated heterocycles. The van der Waals surface area contributed by atoms with Crippen LogP contribution in [0.3, 0.4) is 0 Å². The van der Waals surface area contributed by atoms with E-state index in [1.54, 1.807) is 0 Å². The molecule has 19 heteroatoms. The molecule has 17 nitrogen and oxygen atoms in total. The van der Waals surface area contributed by atoms with E-state index < -0.39 is 97.5 Å². The number of phosphoric ester groups is 2. The number of ether oxygens (including phenoxy) is 4. The van der Waals surface area contributed by atoms with Crippen LogP contribution in [0.25, 0.3) is 0 Å². The molecule has 0 radical (unpaired) electrons. The Labute approximate surface area is 511 Å².